The lowest BCUT2D eigenvalue weighted by Crippen LogP contribution is -2.41. The molecule has 1 heterocycles. The summed E-state index contributed by atoms with van der Waals surface area (Å²) in [4.78, 5) is 11.6. The number of nitrogens with one attached hydrogen (secondary N) is 1. The molecule has 0 fully saturated rings. The fourth-order valence-electron chi connectivity index (χ4n) is 1.38. The van der Waals surface area contributed by atoms with Crippen LogP contribution < -0.4 is 11.1 Å². The molecule has 0 spiro atoms. The van der Waals surface area contributed by atoms with Gasteiger partial charge in [0, 0.05) is 7.05 Å². The van der Waals surface area contributed by atoms with Gasteiger partial charge in [-0.2, -0.15) is 0 Å². The minimum Gasteiger partial charge on any atom is -0.347 e. The third-order valence-corrected chi connectivity index (χ3v) is 2.29. The van der Waals surface area contributed by atoms with Gasteiger partial charge in [-0.15, -0.1) is 10.2 Å². The van der Waals surface area contributed by atoms with Crippen LogP contribution >= 0.6 is 0 Å². The lowest BCUT2D eigenvalue weighted by Gasteiger charge is -2.13. The van der Waals surface area contributed by atoms with Gasteiger partial charge in [0.05, 0.1) is 12.6 Å². The Morgan fingerprint density at radius 2 is 2.31 bits per heavy atom. The molecule has 3 N–H and O–H groups in total. The smallest absolute Gasteiger partial charge is 0.237 e. The van der Waals surface area contributed by atoms with Crippen molar-refractivity contribution in [2.24, 2.45) is 18.7 Å². The highest BCUT2D eigenvalue weighted by molar-refractivity contribution is 5.81. The van der Waals surface area contributed by atoms with Crippen molar-refractivity contribution in [2.45, 2.75) is 32.9 Å². The minimum atomic E-state index is -0.451. The molecular formula is C10H19N5O. The van der Waals surface area contributed by atoms with E-state index in [2.05, 4.69) is 15.5 Å². The lowest BCUT2D eigenvalue weighted by molar-refractivity contribution is -0.122. The predicted molar refractivity (Wildman–Crippen MR) is 60.3 cm³/mol. The number of carbonyl (C=O) groups is 1. The van der Waals surface area contributed by atoms with Crippen molar-refractivity contribution in [3.05, 3.63) is 12.2 Å². The highest BCUT2D eigenvalue weighted by atomic mass is 16.2. The van der Waals surface area contributed by atoms with E-state index in [0.717, 1.165) is 0 Å². The van der Waals surface area contributed by atoms with E-state index in [4.69, 9.17) is 5.73 Å². The number of nitrogens with two attached hydrogens (primary N) is 1. The maximum absolute atomic E-state index is 11.6. The third-order valence-electron chi connectivity index (χ3n) is 2.29. The van der Waals surface area contributed by atoms with Gasteiger partial charge in [0.25, 0.3) is 0 Å². The van der Waals surface area contributed by atoms with E-state index in [1.54, 1.807) is 10.9 Å². The third kappa shape index (κ3) is 3.62. The predicted octanol–water partition coefficient (Wildman–Crippen LogP) is -0.195. The van der Waals surface area contributed by atoms with Crippen LogP contribution in [0, 0.1) is 5.92 Å². The molecule has 1 amide bonds. The second kappa shape index (κ2) is 5.60. The molecule has 16 heavy (non-hydrogen) atoms. The Morgan fingerprint density at radius 3 is 2.81 bits per heavy atom. The van der Waals surface area contributed by atoms with Gasteiger partial charge in [-0.05, 0) is 12.3 Å². The van der Waals surface area contributed by atoms with Crippen LogP contribution in [0.1, 0.15) is 26.1 Å². The minimum absolute atomic E-state index is 0.142. The molecule has 0 aromatic carbocycles. The Morgan fingerprint density at radius 1 is 1.62 bits per heavy atom. The summed E-state index contributed by atoms with van der Waals surface area (Å²) in [5, 5.41) is 10.3. The summed E-state index contributed by atoms with van der Waals surface area (Å²) in [5.74, 6) is 0.984. The maximum atomic E-state index is 11.6. The van der Waals surface area contributed by atoms with E-state index in [1.807, 2.05) is 20.9 Å². The van der Waals surface area contributed by atoms with E-state index in [-0.39, 0.29) is 5.91 Å². The summed E-state index contributed by atoms with van der Waals surface area (Å²) in [7, 11) is 1.83. The van der Waals surface area contributed by atoms with Crippen molar-refractivity contribution in [3.8, 4) is 0 Å². The first-order chi connectivity index (χ1) is 7.50. The second-order valence-corrected chi connectivity index (χ2v) is 4.31. The van der Waals surface area contributed by atoms with Crippen molar-refractivity contribution >= 4 is 5.91 Å². The number of hydrogen-bond donors (Lipinski definition) is 2. The zero-order valence-corrected chi connectivity index (χ0v) is 9.97. The zero-order valence-electron chi connectivity index (χ0n) is 9.97. The second-order valence-electron chi connectivity index (χ2n) is 4.31. The Hall–Kier alpha value is -1.43. The van der Waals surface area contributed by atoms with Crippen molar-refractivity contribution in [1.82, 2.24) is 20.1 Å². The van der Waals surface area contributed by atoms with Gasteiger partial charge in [0.1, 0.15) is 6.33 Å². The molecular weight excluding hydrogens is 206 g/mol. The summed E-state index contributed by atoms with van der Waals surface area (Å²) in [6.07, 6.45) is 2.28. The fraction of sp³-hybridized carbons (Fsp3) is 0.700. The van der Waals surface area contributed by atoms with Gasteiger partial charge in [-0.25, -0.2) is 0 Å². The Kier molecular flexibility index (Phi) is 4.42. The van der Waals surface area contributed by atoms with Crippen LogP contribution in [-0.4, -0.2) is 26.7 Å². The van der Waals surface area contributed by atoms with Gasteiger partial charge in [-0.1, -0.05) is 13.8 Å². The molecule has 6 nitrogen and oxygen atoms in total. The number of aromatic nitrogens is 3. The fourth-order valence-corrected chi connectivity index (χ4v) is 1.38. The number of hydrogen-bond acceptors (Lipinski definition) is 4. The van der Waals surface area contributed by atoms with Gasteiger partial charge in [0.2, 0.25) is 5.91 Å². The van der Waals surface area contributed by atoms with Crippen LogP contribution in [0.3, 0.4) is 0 Å². The summed E-state index contributed by atoms with van der Waals surface area (Å²) < 4.78 is 1.76. The Labute approximate surface area is 95.2 Å². The molecule has 0 radical (unpaired) electrons. The average Bonchev–Trinajstić information content (AvgIpc) is 2.59. The molecule has 90 valence electrons. The number of nitrogens with zero attached hydrogens (tertiary/aromatic N) is 3. The number of carbonyl (C=O) groups excluding carboxylic acids is 1. The molecule has 6 heteroatoms. The summed E-state index contributed by atoms with van der Waals surface area (Å²) in [5.41, 5.74) is 5.74. The maximum Gasteiger partial charge on any atom is 0.237 e. The van der Waals surface area contributed by atoms with Crippen LogP contribution in [0.2, 0.25) is 0 Å². The first-order valence-electron chi connectivity index (χ1n) is 5.37. The first kappa shape index (κ1) is 12.6. The SMILES string of the molecule is CC(C)CC(N)C(=O)NCc1nncn1C. The molecule has 1 aromatic heterocycles. The average molecular weight is 225 g/mol. The monoisotopic (exact) mass is 225 g/mol. The van der Waals surface area contributed by atoms with E-state index < -0.39 is 6.04 Å². The van der Waals surface area contributed by atoms with Crippen LogP contribution in [0.25, 0.3) is 0 Å². The van der Waals surface area contributed by atoms with Gasteiger partial charge in [0.15, 0.2) is 5.82 Å². The summed E-state index contributed by atoms with van der Waals surface area (Å²) >= 11 is 0. The zero-order chi connectivity index (χ0) is 12.1. The normalized spacial score (nSPS) is 12.8. The number of aryl methyl sites for hydroxylation is 1. The molecule has 0 aliphatic rings. The standard InChI is InChI=1S/C10H19N5O/c1-7(2)4-8(11)10(16)12-5-9-14-13-6-15(9)3/h6-8H,4-5,11H2,1-3H3,(H,12,16). The van der Waals surface area contributed by atoms with Crippen molar-refractivity contribution in [1.29, 1.82) is 0 Å². The first-order valence-corrected chi connectivity index (χ1v) is 5.37. The van der Waals surface area contributed by atoms with Crippen LogP contribution in [0.4, 0.5) is 0 Å². The molecule has 0 bridgehead atoms. The Balaban J connectivity index is 2.38. The van der Waals surface area contributed by atoms with E-state index in [1.165, 1.54) is 0 Å². The number of amides is 1. The van der Waals surface area contributed by atoms with E-state index in [9.17, 15) is 4.79 Å². The quantitative estimate of drug-likeness (QED) is 0.727. The van der Waals surface area contributed by atoms with Crippen molar-refractivity contribution in [3.63, 3.8) is 0 Å². The van der Waals surface area contributed by atoms with Crippen LogP contribution in [0.15, 0.2) is 6.33 Å². The van der Waals surface area contributed by atoms with E-state index in [0.29, 0.717) is 24.7 Å². The van der Waals surface area contributed by atoms with Crippen molar-refractivity contribution < 1.29 is 4.79 Å². The van der Waals surface area contributed by atoms with E-state index >= 15 is 0 Å². The summed E-state index contributed by atoms with van der Waals surface area (Å²) in [6, 6.07) is -0.451. The highest BCUT2D eigenvalue weighted by Crippen LogP contribution is 2.02. The molecule has 1 rings (SSSR count). The summed E-state index contributed by atoms with van der Waals surface area (Å²) in [6.45, 7) is 4.44. The largest absolute Gasteiger partial charge is 0.347 e. The van der Waals surface area contributed by atoms with Gasteiger partial charge < -0.3 is 15.6 Å². The molecule has 0 aliphatic carbocycles. The van der Waals surface area contributed by atoms with Crippen molar-refractivity contribution in [2.75, 3.05) is 0 Å². The lowest BCUT2D eigenvalue weighted by atomic mass is 10.0. The van der Waals surface area contributed by atoms with Gasteiger partial charge >= 0.3 is 0 Å². The Bertz CT molecular complexity index is 347. The molecule has 1 atom stereocenters. The van der Waals surface area contributed by atoms with Gasteiger partial charge in [-0.3, -0.25) is 4.79 Å². The highest BCUT2D eigenvalue weighted by Gasteiger charge is 2.15. The van der Waals surface area contributed by atoms with Crippen LogP contribution in [-0.2, 0) is 18.4 Å². The molecule has 0 saturated carbocycles. The van der Waals surface area contributed by atoms with Crippen LogP contribution in [0.5, 0.6) is 0 Å². The number of rotatable bonds is 5. The molecule has 1 aromatic rings. The topological polar surface area (TPSA) is 85.8 Å². The molecule has 0 aliphatic heterocycles. The molecule has 1 unspecified atom stereocenters. The molecule has 0 saturated heterocycles.